The summed E-state index contributed by atoms with van der Waals surface area (Å²) in [5, 5.41) is 3.41. The zero-order valence-electron chi connectivity index (χ0n) is 13.2. The number of hydrogen-bond acceptors (Lipinski definition) is 4. The van der Waals surface area contributed by atoms with Gasteiger partial charge in [0.2, 0.25) is 0 Å². The van der Waals surface area contributed by atoms with Gasteiger partial charge in [0.1, 0.15) is 5.75 Å². The molecule has 0 saturated carbocycles. The summed E-state index contributed by atoms with van der Waals surface area (Å²) in [5.41, 5.74) is 1.21. The van der Waals surface area contributed by atoms with Gasteiger partial charge in [-0.25, -0.2) is 0 Å². The zero-order chi connectivity index (χ0) is 15.5. The van der Waals surface area contributed by atoms with Crippen LogP contribution in [0.2, 0.25) is 0 Å². The SMILES string of the molecule is COCCOCCCOc1ccc(Br)c(CNC(C)C)c1. The van der Waals surface area contributed by atoms with Gasteiger partial charge in [0.05, 0.1) is 19.8 Å². The predicted octanol–water partition coefficient (Wildman–Crippen LogP) is 3.38. The lowest BCUT2D eigenvalue weighted by molar-refractivity contribution is 0.0644. The van der Waals surface area contributed by atoms with Crippen molar-refractivity contribution < 1.29 is 14.2 Å². The highest BCUT2D eigenvalue weighted by atomic mass is 79.9. The zero-order valence-corrected chi connectivity index (χ0v) is 14.7. The molecule has 0 atom stereocenters. The third-order valence-corrected chi connectivity index (χ3v) is 3.63. The van der Waals surface area contributed by atoms with Crippen LogP contribution in [-0.4, -0.2) is 39.6 Å². The second-order valence-corrected chi connectivity index (χ2v) is 5.95. The first-order chi connectivity index (χ1) is 10.1. The number of ether oxygens (including phenoxy) is 3. The molecular formula is C16H26BrNO3. The summed E-state index contributed by atoms with van der Waals surface area (Å²) in [7, 11) is 1.67. The summed E-state index contributed by atoms with van der Waals surface area (Å²) in [6, 6.07) is 6.55. The van der Waals surface area contributed by atoms with E-state index in [4.69, 9.17) is 14.2 Å². The summed E-state index contributed by atoms with van der Waals surface area (Å²) in [5.74, 6) is 0.899. The van der Waals surface area contributed by atoms with E-state index in [1.807, 2.05) is 12.1 Å². The number of halogens is 1. The minimum absolute atomic E-state index is 0.464. The molecule has 1 aromatic carbocycles. The van der Waals surface area contributed by atoms with E-state index in [2.05, 4.69) is 41.2 Å². The van der Waals surface area contributed by atoms with Crippen molar-refractivity contribution >= 4 is 15.9 Å². The molecule has 0 aliphatic carbocycles. The van der Waals surface area contributed by atoms with Crippen molar-refractivity contribution in [2.75, 3.05) is 33.5 Å². The van der Waals surface area contributed by atoms with Crippen LogP contribution < -0.4 is 10.1 Å². The number of methoxy groups -OCH3 is 1. The highest BCUT2D eigenvalue weighted by Crippen LogP contribution is 2.22. The second kappa shape index (κ2) is 11.0. The third-order valence-electron chi connectivity index (χ3n) is 2.85. The van der Waals surface area contributed by atoms with Crippen molar-refractivity contribution in [3.63, 3.8) is 0 Å². The molecule has 0 fully saturated rings. The Morgan fingerprint density at radius 1 is 1.14 bits per heavy atom. The topological polar surface area (TPSA) is 39.7 Å². The molecule has 0 unspecified atom stereocenters. The standard InChI is InChI=1S/C16H26BrNO3/c1-13(2)18-12-14-11-15(5-6-16(14)17)21-8-4-7-20-10-9-19-3/h5-6,11,13,18H,4,7-10,12H2,1-3H3. The molecule has 5 heteroatoms. The number of benzene rings is 1. The van der Waals surface area contributed by atoms with Crippen molar-refractivity contribution in [2.24, 2.45) is 0 Å². The van der Waals surface area contributed by atoms with Crippen LogP contribution in [0.5, 0.6) is 5.75 Å². The highest BCUT2D eigenvalue weighted by molar-refractivity contribution is 9.10. The van der Waals surface area contributed by atoms with Gasteiger partial charge in [0.25, 0.3) is 0 Å². The molecule has 0 saturated heterocycles. The maximum absolute atomic E-state index is 5.76. The lowest BCUT2D eigenvalue weighted by Gasteiger charge is -2.12. The van der Waals surface area contributed by atoms with Crippen LogP contribution in [0.1, 0.15) is 25.8 Å². The fourth-order valence-corrected chi connectivity index (χ4v) is 2.07. The van der Waals surface area contributed by atoms with Crippen molar-refractivity contribution in [3.8, 4) is 5.75 Å². The first kappa shape index (κ1) is 18.4. The quantitative estimate of drug-likeness (QED) is 0.614. The molecule has 0 heterocycles. The maximum atomic E-state index is 5.76. The van der Waals surface area contributed by atoms with E-state index in [-0.39, 0.29) is 0 Å². The first-order valence-corrected chi connectivity index (χ1v) is 8.14. The molecule has 0 spiro atoms. The molecule has 21 heavy (non-hydrogen) atoms. The van der Waals surface area contributed by atoms with E-state index in [1.54, 1.807) is 7.11 Å². The van der Waals surface area contributed by atoms with E-state index in [0.717, 1.165) is 23.2 Å². The van der Waals surface area contributed by atoms with Gasteiger partial charge in [-0.3, -0.25) is 0 Å². The van der Waals surface area contributed by atoms with E-state index in [1.165, 1.54) is 5.56 Å². The van der Waals surface area contributed by atoms with Gasteiger partial charge in [-0.1, -0.05) is 29.8 Å². The molecule has 0 amide bonds. The minimum atomic E-state index is 0.464. The van der Waals surface area contributed by atoms with Crippen LogP contribution in [0.3, 0.4) is 0 Å². The van der Waals surface area contributed by atoms with Gasteiger partial charge in [-0.15, -0.1) is 0 Å². The Kier molecular flexibility index (Phi) is 9.67. The minimum Gasteiger partial charge on any atom is -0.493 e. The monoisotopic (exact) mass is 359 g/mol. The third kappa shape index (κ3) is 8.41. The maximum Gasteiger partial charge on any atom is 0.119 e. The summed E-state index contributed by atoms with van der Waals surface area (Å²) in [4.78, 5) is 0. The van der Waals surface area contributed by atoms with E-state index in [9.17, 15) is 0 Å². The molecule has 0 aliphatic heterocycles. The van der Waals surface area contributed by atoms with Crippen molar-refractivity contribution in [3.05, 3.63) is 28.2 Å². The van der Waals surface area contributed by atoms with Gasteiger partial charge < -0.3 is 19.5 Å². The Bertz CT molecular complexity index is 399. The number of hydrogen-bond donors (Lipinski definition) is 1. The van der Waals surface area contributed by atoms with Gasteiger partial charge in [0, 0.05) is 37.2 Å². The van der Waals surface area contributed by atoms with Gasteiger partial charge in [-0.05, 0) is 23.8 Å². The lowest BCUT2D eigenvalue weighted by atomic mass is 10.2. The fourth-order valence-electron chi connectivity index (χ4n) is 1.69. The fraction of sp³-hybridized carbons (Fsp3) is 0.625. The summed E-state index contributed by atoms with van der Waals surface area (Å²) >= 11 is 3.57. The Hall–Kier alpha value is -0.620. The van der Waals surface area contributed by atoms with Crippen LogP contribution in [-0.2, 0) is 16.0 Å². The number of rotatable bonds is 11. The molecule has 0 aromatic heterocycles. The van der Waals surface area contributed by atoms with Crippen LogP contribution in [0.4, 0.5) is 0 Å². The Labute approximate surface area is 136 Å². The predicted molar refractivity (Wildman–Crippen MR) is 88.9 cm³/mol. The lowest BCUT2D eigenvalue weighted by Crippen LogP contribution is -2.22. The van der Waals surface area contributed by atoms with Gasteiger partial charge in [-0.2, -0.15) is 0 Å². The average Bonchev–Trinajstić information content (AvgIpc) is 2.46. The molecule has 1 aromatic rings. The van der Waals surface area contributed by atoms with Gasteiger partial charge >= 0.3 is 0 Å². The molecule has 1 N–H and O–H groups in total. The molecule has 4 nitrogen and oxygen atoms in total. The molecule has 0 aliphatic rings. The average molecular weight is 360 g/mol. The van der Waals surface area contributed by atoms with Crippen molar-refractivity contribution in [2.45, 2.75) is 32.9 Å². The first-order valence-electron chi connectivity index (χ1n) is 7.34. The van der Waals surface area contributed by atoms with Crippen LogP contribution >= 0.6 is 15.9 Å². The highest BCUT2D eigenvalue weighted by Gasteiger charge is 2.03. The van der Waals surface area contributed by atoms with E-state index in [0.29, 0.717) is 32.5 Å². The summed E-state index contributed by atoms with van der Waals surface area (Å²) in [6.07, 6.45) is 0.874. The normalized spacial score (nSPS) is 11.1. The van der Waals surface area contributed by atoms with E-state index >= 15 is 0 Å². The smallest absolute Gasteiger partial charge is 0.119 e. The largest absolute Gasteiger partial charge is 0.493 e. The molecule has 120 valence electrons. The van der Waals surface area contributed by atoms with Crippen molar-refractivity contribution in [1.82, 2.24) is 5.32 Å². The Morgan fingerprint density at radius 2 is 1.95 bits per heavy atom. The number of nitrogens with one attached hydrogen (secondary N) is 1. The molecule has 0 radical (unpaired) electrons. The summed E-state index contributed by atoms with van der Waals surface area (Å²) in [6.45, 7) is 7.73. The molecule has 1 rings (SSSR count). The van der Waals surface area contributed by atoms with Gasteiger partial charge in [0.15, 0.2) is 0 Å². The van der Waals surface area contributed by atoms with Crippen LogP contribution in [0.25, 0.3) is 0 Å². The van der Waals surface area contributed by atoms with Crippen molar-refractivity contribution in [1.29, 1.82) is 0 Å². The Morgan fingerprint density at radius 3 is 2.67 bits per heavy atom. The Balaban J connectivity index is 2.30. The van der Waals surface area contributed by atoms with E-state index < -0.39 is 0 Å². The van der Waals surface area contributed by atoms with Crippen LogP contribution in [0, 0.1) is 0 Å². The second-order valence-electron chi connectivity index (χ2n) is 5.10. The molecular weight excluding hydrogens is 334 g/mol. The summed E-state index contributed by atoms with van der Waals surface area (Å²) < 4.78 is 17.2. The van der Waals surface area contributed by atoms with Crippen LogP contribution in [0.15, 0.2) is 22.7 Å². The molecule has 0 bridgehead atoms.